The Morgan fingerprint density at radius 3 is 2.47 bits per heavy atom. The molecule has 0 atom stereocenters. The Morgan fingerprint density at radius 2 is 2.00 bits per heavy atom. The molecule has 0 heterocycles. The highest BCUT2D eigenvalue weighted by atomic mass is 35.5. The van der Waals surface area contributed by atoms with Crippen molar-refractivity contribution in [1.29, 1.82) is 0 Å². The van der Waals surface area contributed by atoms with E-state index in [1.165, 1.54) is 6.07 Å². The molecule has 0 unspecified atom stereocenters. The second-order valence-corrected chi connectivity index (χ2v) is 3.43. The van der Waals surface area contributed by atoms with Crippen molar-refractivity contribution in [2.45, 2.75) is 13.1 Å². The maximum Gasteiger partial charge on any atom is 0.416 e. The molecule has 1 rings (SSSR count). The predicted molar refractivity (Wildman–Crippen MR) is 55.9 cm³/mol. The summed E-state index contributed by atoms with van der Waals surface area (Å²) >= 11 is 5.44. The van der Waals surface area contributed by atoms with E-state index in [1.54, 1.807) is 19.1 Å². The third kappa shape index (κ3) is 3.27. The number of benzene rings is 1. The monoisotopic (exact) mass is 234 g/mol. The average Bonchev–Trinajstić information content (AvgIpc) is 2.14. The molecule has 0 saturated carbocycles. The van der Waals surface area contributed by atoms with Crippen LogP contribution in [0.1, 0.15) is 16.7 Å². The minimum atomic E-state index is -4.28. The van der Waals surface area contributed by atoms with Crippen LogP contribution < -0.4 is 0 Å². The van der Waals surface area contributed by atoms with Gasteiger partial charge in [-0.25, -0.2) is 0 Å². The summed E-state index contributed by atoms with van der Waals surface area (Å²) in [5, 5.41) is 0. The lowest BCUT2D eigenvalue weighted by atomic mass is 10.0. The molecule has 82 valence electrons. The van der Waals surface area contributed by atoms with Gasteiger partial charge in [-0.2, -0.15) is 13.2 Å². The third-order valence-electron chi connectivity index (χ3n) is 1.98. The van der Waals surface area contributed by atoms with Gasteiger partial charge in [0.15, 0.2) is 0 Å². The maximum atomic E-state index is 12.3. The van der Waals surface area contributed by atoms with Crippen molar-refractivity contribution < 1.29 is 13.2 Å². The number of hydrogen-bond donors (Lipinski definition) is 0. The first-order chi connectivity index (χ1) is 6.95. The molecular formula is C11H10ClF3. The molecule has 1 aromatic rings. The fourth-order valence-corrected chi connectivity index (χ4v) is 1.30. The van der Waals surface area contributed by atoms with Gasteiger partial charge in [0.2, 0.25) is 0 Å². The molecular weight excluding hydrogens is 225 g/mol. The molecule has 0 aliphatic heterocycles. The van der Waals surface area contributed by atoms with E-state index in [9.17, 15) is 13.2 Å². The summed E-state index contributed by atoms with van der Waals surface area (Å²) in [5.74, 6) is 0.348. The van der Waals surface area contributed by atoms with Gasteiger partial charge < -0.3 is 0 Å². The van der Waals surface area contributed by atoms with Gasteiger partial charge in [0.1, 0.15) is 0 Å². The lowest BCUT2D eigenvalue weighted by Crippen LogP contribution is -2.05. The van der Waals surface area contributed by atoms with E-state index in [2.05, 4.69) is 0 Å². The van der Waals surface area contributed by atoms with Gasteiger partial charge in [-0.3, -0.25) is 0 Å². The summed E-state index contributed by atoms with van der Waals surface area (Å²) in [6.07, 6.45) is -0.876. The van der Waals surface area contributed by atoms with E-state index in [1.807, 2.05) is 0 Å². The summed E-state index contributed by atoms with van der Waals surface area (Å²) in [6, 6.07) is 3.65. The van der Waals surface area contributed by atoms with E-state index in [0.29, 0.717) is 11.4 Å². The van der Waals surface area contributed by atoms with Crippen LogP contribution in [-0.4, -0.2) is 5.88 Å². The van der Waals surface area contributed by atoms with E-state index >= 15 is 0 Å². The van der Waals surface area contributed by atoms with Crippen LogP contribution in [0.3, 0.4) is 0 Å². The van der Waals surface area contributed by atoms with Crippen molar-refractivity contribution in [3.63, 3.8) is 0 Å². The van der Waals surface area contributed by atoms with Crippen LogP contribution in [0, 0.1) is 6.92 Å². The molecule has 4 heteroatoms. The summed E-state index contributed by atoms with van der Waals surface area (Å²) in [5.41, 5.74) is 0.720. The molecule has 0 fully saturated rings. The third-order valence-corrected chi connectivity index (χ3v) is 2.16. The minimum Gasteiger partial charge on any atom is -0.166 e. The van der Waals surface area contributed by atoms with Gasteiger partial charge in [-0.15, -0.1) is 11.6 Å². The highest BCUT2D eigenvalue weighted by Crippen LogP contribution is 2.30. The van der Waals surface area contributed by atoms with Gasteiger partial charge in [0, 0.05) is 5.88 Å². The van der Waals surface area contributed by atoms with Crippen LogP contribution in [-0.2, 0) is 6.18 Å². The maximum absolute atomic E-state index is 12.3. The summed E-state index contributed by atoms with van der Waals surface area (Å²) in [6.45, 7) is 1.64. The van der Waals surface area contributed by atoms with Crippen LogP contribution >= 0.6 is 11.6 Å². The zero-order chi connectivity index (χ0) is 11.5. The zero-order valence-electron chi connectivity index (χ0n) is 8.11. The number of rotatable bonds is 2. The van der Waals surface area contributed by atoms with Crippen LogP contribution in [0.5, 0.6) is 0 Å². The Hall–Kier alpha value is -0.960. The highest BCUT2D eigenvalue weighted by Gasteiger charge is 2.30. The molecule has 0 bridgehead atoms. The molecule has 0 amide bonds. The van der Waals surface area contributed by atoms with Crippen LogP contribution in [0.25, 0.3) is 6.08 Å². The standard InChI is InChI=1S/C11H10ClF3/c1-8-7-10(11(13,14)15)5-4-9(8)3-2-6-12/h2-5,7H,6H2,1H3. The first-order valence-electron chi connectivity index (χ1n) is 4.35. The van der Waals surface area contributed by atoms with Crippen molar-refractivity contribution >= 4 is 17.7 Å². The van der Waals surface area contributed by atoms with Crippen molar-refractivity contribution in [3.05, 3.63) is 41.0 Å². The summed E-state index contributed by atoms with van der Waals surface area (Å²) < 4.78 is 36.9. The normalized spacial score (nSPS) is 12.3. The Bertz CT molecular complexity index is 367. The van der Waals surface area contributed by atoms with Gasteiger partial charge in [-0.1, -0.05) is 18.2 Å². The molecule has 1 aromatic carbocycles. The number of halogens is 4. The predicted octanol–water partition coefficient (Wildman–Crippen LogP) is 4.27. The van der Waals surface area contributed by atoms with Crippen LogP contribution in [0.2, 0.25) is 0 Å². The highest BCUT2D eigenvalue weighted by molar-refractivity contribution is 6.19. The van der Waals surface area contributed by atoms with E-state index < -0.39 is 11.7 Å². The Kier molecular flexibility index (Phi) is 3.80. The van der Waals surface area contributed by atoms with Crippen molar-refractivity contribution in [2.24, 2.45) is 0 Å². The number of hydrogen-bond acceptors (Lipinski definition) is 0. The smallest absolute Gasteiger partial charge is 0.166 e. The number of alkyl halides is 4. The second-order valence-electron chi connectivity index (χ2n) is 3.13. The molecule has 0 aromatic heterocycles. The number of aryl methyl sites for hydroxylation is 1. The Morgan fingerprint density at radius 1 is 1.33 bits per heavy atom. The lowest BCUT2D eigenvalue weighted by molar-refractivity contribution is -0.137. The number of allylic oxidation sites excluding steroid dienone is 1. The van der Waals surface area contributed by atoms with Crippen molar-refractivity contribution in [3.8, 4) is 0 Å². The molecule has 0 saturated heterocycles. The van der Waals surface area contributed by atoms with E-state index in [0.717, 1.165) is 17.7 Å². The molecule has 0 aliphatic carbocycles. The zero-order valence-corrected chi connectivity index (χ0v) is 8.86. The minimum absolute atomic E-state index is 0.348. The SMILES string of the molecule is Cc1cc(C(F)(F)F)ccc1C=CCCl. The lowest BCUT2D eigenvalue weighted by Gasteiger charge is -2.08. The molecule has 0 nitrogen and oxygen atoms in total. The molecule has 0 aliphatic rings. The quantitative estimate of drug-likeness (QED) is 0.671. The van der Waals surface area contributed by atoms with Crippen LogP contribution in [0.15, 0.2) is 24.3 Å². The molecule has 15 heavy (non-hydrogen) atoms. The van der Waals surface area contributed by atoms with E-state index in [-0.39, 0.29) is 0 Å². The van der Waals surface area contributed by atoms with Crippen LogP contribution in [0.4, 0.5) is 13.2 Å². The topological polar surface area (TPSA) is 0 Å². The van der Waals surface area contributed by atoms with Crippen molar-refractivity contribution in [2.75, 3.05) is 5.88 Å². The first kappa shape index (κ1) is 12.1. The first-order valence-corrected chi connectivity index (χ1v) is 4.89. The second kappa shape index (κ2) is 4.71. The molecule has 0 N–H and O–H groups in total. The van der Waals surface area contributed by atoms with Gasteiger partial charge in [-0.05, 0) is 30.2 Å². The Balaban J connectivity index is 3.04. The molecule has 0 spiro atoms. The van der Waals surface area contributed by atoms with Gasteiger partial charge >= 0.3 is 6.18 Å². The molecule has 0 radical (unpaired) electrons. The van der Waals surface area contributed by atoms with Gasteiger partial charge in [0.25, 0.3) is 0 Å². The fraction of sp³-hybridized carbons (Fsp3) is 0.273. The summed E-state index contributed by atoms with van der Waals surface area (Å²) in [7, 11) is 0. The average molecular weight is 235 g/mol. The van der Waals surface area contributed by atoms with Crippen molar-refractivity contribution in [1.82, 2.24) is 0 Å². The summed E-state index contributed by atoms with van der Waals surface area (Å²) in [4.78, 5) is 0. The van der Waals surface area contributed by atoms with Gasteiger partial charge in [0.05, 0.1) is 5.56 Å². The fourth-order valence-electron chi connectivity index (χ4n) is 1.21. The van der Waals surface area contributed by atoms with E-state index in [4.69, 9.17) is 11.6 Å². The Labute approximate surface area is 91.4 Å². The largest absolute Gasteiger partial charge is 0.416 e.